The van der Waals surface area contributed by atoms with Gasteiger partial charge in [0.2, 0.25) is 5.91 Å². The molecule has 0 unspecified atom stereocenters. The number of fused-ring (bicyclic) bond motifs is 1. The summed E-state index contributed by atoms with van der Waals surface area (Å²) >= 11 is 0. The van der Waals surface area contributed by atoms with Gasteiger partial charge in [0.1, 0.15) is 11.8 Å². The van der Waals surface area contributed by atoms with Crippen LogP contribution in [0, 0.1) is 13.8 Å². The smallest absolute Gasteiger partial charge is 0.326 e. The van der Waals surface area contributed by atoms with E-state index in [1.807, 2.05) is 62.4 Å². The molecule has 0 radical (unpaired) electrons. The topological polar surface area (TPSA) is 104 Å². The number of amides is 1. The van der Waals surface area contributed by atoms with Crippen LogP contribution >= 0.6 is 0 Å². The Labute approximate surface area is 193 Å². The van der Waals surface area contributed by atoms with E-state index in [0.717, 1.165) is 38.9 Å². The second-order valence-electron chi connectivity index (χ2n) is 8.74. The minimum absolute atomic E-state index is 0.168. The van der Waals surface area contributed by atoms with Crippen molar-refractivity contribution < 1.29 is 19.8 Å². The van der Waals surface area contributed by atoms with Crippen molar-refractivity contribution in [3.63, 3.8) is 0 Å². The molecule has 33 heavy (non-hydrogen) atoms. The van der Waals surface area contributed by atoms with Gasteiger partial charge in [-0.05, 0) is 77.4 Å². The predicted octanol–water partition coefficient (Wildman–Crippen LogP) is 3.58. The van der Waals surface area contributed by atoms with E-state index in [1.54, 1.807) is 12.1 Å². The molecule has 0 aromatic heterocycles. The van der Waals surface area contributed by atoms with Gasteiger partial charge in [-0.2, -0.15) is 0 Å². The number of carboxylic acid groups (broad SMARTS) is 1. The van der Waals surface area contributed by atoms with Crippen LogP contribution in [0.2, 0.25) is 0 Å². The van der Waals surface area contributed by atoms with E-state index in [4.69, 9.17) is 5.73 Å². The second-order valence-corrected chi connectivity index (χ2v) is 8.74. The highest BCUT2D eigenvalue weighted by Gasteiger charge is 2.36. The number of phenols is 1. The first-order valence-corrected chi connectivity index (χ1v) is 11.0. The zero-order chi connectivity index (χ0) is 23.7. The lowest BCUT2D eigenvalue weighted by atomic mass is 9.89. The maximum Gasteiger partial charge on any atom is 0.326 e. The highest BCUT2D eigenvalue weighted by molar-refractivity contribution is 5.88. The summed E-state index contributed by atoms with van der Waals surface area (Å²) in [5, 5.41) is 19.6. The number of hydrogen-bond donors (Lipinski definition) is 3. The van der Waals surface area contributed by atoms with Gasteiger partial charge in [0.15, 0.2) is 0 Å². The Kier molecular flexibility index (Phi) is 6.20. The van der Waals surface area contributed by atoms with Gasteiger partial charge in [-0.15, -0.1) is 0 Å². The lowest BCUT2D eigenvalue weighted by Crippen LogP contribution is -2.54. The molecule has 3 aromatic carbocycles. The molecule has 0 fully saturated rings. The van der Waals surface area contributed by atoms with Crippen molar-refractivity contribution in [1.29, 1.82) is 0 Å². The number of carbonyl (C=O) groups excluding carboxylic acids is 1. The van der Waals surface area contributed by atoms with E-state index < -0.39 is 18.1 Å². The number of benzene rings is 3. The maximum atomic E-state index is 13.4. The molecule has 4 N–H and O–H groups in total. The average molecular weight is 445 g/mol. The molecule has 6 nitrogen and oxygen atoms in total. The Morgan fingerprint density at radius 1 is 1.00 bits per heavy atom. The Morgan fingerprint density at radius 2 is 1.67 bits per heavy atom. The van der Waals surface area contributed by atoms with Crippen LogP contribution in [0.25, 0.3) is 11.1 Å². The molecule has 0 aliphatic carbocycles. The summed E-state index contributed by atoms with van der Waals surface area (Å²) < 4.78 is 0. The summed E-state index contributed by atoms with van der Waals surface area (Å²) in [7, 11) is 0. The third kappa shape index (κ3) is 4.61. The van der Waals surface area contributed by atoms with E-state index in [-0.39, 0.29) is 31.0 Å². The predicted molar refractivity (Wildman–Crippen MR) is 127 cm³/mol. The number of aromatic hydroxyl groups is 1. The second kappa shape index (κ2) is 9.08. The van der Waals surface area contributed by atoms with Crippen molar-refractivity contribution in [2.45, 2.75) is 45.3 Å². The quantitative estimate of drug-likeness (QED) is 0.558. The largest absolute Gasteiger partial charge is 0.508 e. The minimum atomic E-state index is -1.04. The zero-order valence-electron chi connectivity index (χ0n) is 18.8. The van der Waals surface area contributed by atoms with Gasteiger partial charge < -0.3 is 20.8 Å². The van der Waals surface area contributed by atoms with Crippen LogP contribution in [0.3, 0.4) is 0 Å². The summed E-state index contributed by atoms with van der Waals surface area (Å²) in [6.07, 6.45) is 0.520. The lowest BCUT2D eigenvalue weighted by Gasteiger charge is -2.36. The summed E-state index contributed by atoms with van der Waals surface area (Å²) in [4.78, 5) is 26.8. The van der Waals surface area contributed by atoms with Crippen LogP contribution < -0.4 is 5.73 Å². The molecule has 2 atom stereocenters. The summed E-state index contributed by atoms with van der Waals surface area (Å²) in [5.41, 5.74) is 12.9. The van der Waals surface area contributed by atoms with Crippen molar-refractivity contribution >= 4 is 11.9 Å². The molecular formula is C27H28N2O4. The summed E-state index contributed by atoms with van der Waals surface area (Å²) in [6, 6.07) is 17.4. The Balaban J connectivity index is 1.61. The van der Waals surface area contributed by atoms with Crippen LogP contribution in [-0.4, -0.2) is 39.1 Å². The molecule has 0 saturated heterocycles. The molecule has 170 valence electrons. The minimum Gasteiger partial charge on any atom is -0.508 e. The fraction of sp³-hybridized carbons (Fsp3) is 0.259. The van der Waals surface area contributed by atoms with E-state index in [2.05, 4.69) is 0 Å². The molecule has 0 saturated carbocycles. The van der Waals surface area contributed by atoms with E-state index >= 15 is 0 Å². The van der Waals surface area contributed by atoms with E-state index in [9.17, 15) is 19.8 Å². The number of nitrogens with zero attached hydrogens (tertiary/aromatic N) is 1. The number of aliphatic carboxylic acids is 1. The van der Waals surface area contributed by atoms with Crippen molar-refractivity contribution in [3.8, 4) is 16.9 Å². The molecule has 4 rings (SSSR count). The Bertz CT molecular complexity index is 1180. The first-order chi connectivity index (χ1) is 15.7. The maximum absolute atomic E-state index is 13.4. The molecule has 3 aromatic rings. The van der Waals surface area contributed by atoms with Gasteiger partial charge >= 0.3 is 5.97 Å². The van der Waals surface area contributed by atoms with Crippen molar-refractivity contribution in [2.24, 2.45) is 5.73 Å². The molecule has 1 amide bonds. The standard InChI is InChI=1S/C27H28N2O4/c1-16-10-22(30)11-17(2)23(16)14-24(28)26(31)29-15-21-12-19(18-6-4-3-5-7-18)8-9-20(21)13-25(29)27(32)33/h3-12,24-25,30H,13-15,28H2,1-2H3,(H,32,33)/t24-,25+/m1/s1. The van der Waals surface area contributed by atoms with Gasteiger partial charge in [0.05, 0.1) is 6.04 Å². The van der Waals surface area contributed by atoms with Crippen molar-refractivity contribution in [1.82, 2.24) is 4.90 Å². The van der Waals surface area contributed by atoms with Crippen LogP contribution in [0.5, 0.6) is 5.75 Å². The first-order valence-electron chi connectivity index (χ1n) is 11.0. The Morgan fingerprint density at radius 3 is 2.30 bits per heavy atom. The SMILES string of the molecule is Cc1cc(O)cc(C)c1C[C@@H](N)C(=O)N1Cc2cc(-c3ccccc3)ccc2C[C@H]1C(=O)O. The third-order valence-corrected chi connectivity index (χ3v) is 6.43. The van der Waals surface area contributed by atoms with Crippen LogP contribution in [-0.2, 0) is 29.0 Å². The average Bonchev–Trinajstić information content (AvgIpc) is 2.80. The number of hydrogen-bond acceptors (Lipinski definition) is 4. The van der Waals surface area contributed by atoms with Crippen molar-refractivity contribution in [2.75, 3.05) is 0 Å². The van der Waals surface area contributed by atoms with Gasteiger partial charge in [-0.3, -0.25) is 4.79 Å². The van der Waals surface area contributed by atoms with E-state index in [0.29, 0.717) is 0 Å². The number of rotatable bonds is 5. The zero-order valence-corrected chi connectivity index (χ0v) is 18.8. The van der Waals surface area contributed by atoms with Crippen LogP contribution in [0.4, 0.5) is 0 Å². The lowest BCUT2D eigenvalue weighted by molar-refractivity contribution is -0.152. The number of nitrogens with two attached hydrogens (primary N) is 1. The van der Waals surface area contributed by atoms with Crippen LogP contribution in [0.1, 0.15) is 27.8 Å². The number of carboxylic acids is 1. The van der Waals surface area contributed by atoms with Gasteiger partial charge in [0, 0.05) is 13.0 Å². The molecular weight excluding hydrogens is 416 g/mol. The molecule has 1 aliphatic heterocycles. The van der Waals surface area contributed by atoms with E-state index in [1.165, 1.54) is 4.90 Å². The third-order valence-electron chi connectivity index (χ3n) is 6.43. The normalized spacial score (nSPS) is 16.2. The van der Waals surface area contributed by atoms with Crippen molar-refractivity contribution in [3.05, 3.63) is 88.5 Å². The number of aryl methyl sites for hydroxylation is 2. The Hall–Kier alpha value is -3.64. The van der Waals surface area contributed by atoms with Gasteiger partial charge in [-0.25, -0.2) is 4.79 Å². The summed E-state index contributed by atoms with van der Waals surface area (Å²) in [6.45, 7) is 3.93. The van der Waals surface area contributed by atoms with Crippen LogP contribution in [0.15, 0.2) is 60.7 Å². The fourth-order valence-corrected chi connectivity index (χ4v) is 4.66. The number of carbonyl (C=O) groups is 2. The fourth-order valence-electron chi connectivity index (χ4n) is 4.66. The van der Waals surface area contributed by atoms with Gasteiger partial charge in [-0.1, -0.05) is 42.5 Å². The highest BCUT2D eigenvalue weighted by atomic mass is 16.4. The summed E-state index contributed by atoms with van der Waals surface area (Å²) in [5.74, 6) is -1.25. The molecule has 1 aliphatic rings. The monoisotopic (exact) mass is 444 g/mol. The molecule has 6 heteroatoms. The number of phenolic OH excluding ortho intramolecular Hbond substituents is 1. The molecule has 1 heterocycles. The highest BCUT2D eigenvalue weighted by Crippen LogP contribution is 2.30. The van der Waals surface area contributed by atoms with Gasteiger partial charge in [0.25, 0.3) is 0 Å². The molecule has 0 spiro atoms. The first kappa shape index (κ1) is 22.6. The molecule has 0 bridgehead atoms.